The predicted octanol–water partition coefficient (Wildman–Crippen LogP) is 1.57. The van der Waals surface area contributed by atoms with Gasteiger partial charge < -0.3 is 14.7 Å². The number of hydrogen-bond donors (Lipinski definition) is 1. The van der Waals surface area contributed by atoms with Crippen molar-refractivity contribution in [2.45, 2.75) is 32.5 Å². The second-order valence-electron chi connectivity index (χ2n) is 4.60. The van der Waals surface area contributed by atoms with E-state index in [2.05, 4.69) is 0 Å². The van der Waals surface area contributed by atoms with Crippen molar-refractivity contribution in [1.29, 1.82) is 0 Å². The Morgan fingerprint density at radius 1 is 1.44 bits per heavy atom. The number of nitrogens with zero attached hydrogens (tertiary/aromatic N) is 1. The van der Waals surface area contributed by atoms with Crippen molar-refractivity contribution < 1.29 is 14.6 Å². The quantitative estimate of drug-likeness (QED) is 0.881. The third kappa shape index (κ3) is 3.01. The van der Waals surface area contributed by atoms with Crippen LogP contribution in [0.2, 0.25) is 0 Å². The minimum absolute atomic E-state index is 0.0222. The summed E-state index contributed by atoms with van der Waals surface area (Å²) in [5, 5.41) is 9.05. The monoisotopic (exact) mass is 249 g/mol. The molecule has 1 amide bonds. The van der Waals surface area contributed by atoms with Crippen LogP contribution in [0.4, 0.5) is 0 Å². The van der Waals surface area contributed by atoms with Crippen LogP contribution in [0.1, 0.15) is 25.3 Å². The van der Waals surface area contributed by atoms with Crippen LogP contribution in [-0.2, 0) is 11.4 Å². The molecule has 1 aliphatic rings. The number of aliphatic hydroxyl groups excluding tert-OH is 1. The zero-order valence-corrected chi connectivity index (χ0v) is 10.6. The SMILES string of the molecule is CC(Oc1cccc(CO)c1)C(=O)N1CCCC1. The van der Waals surface area contributed by atoms with E-state index in [1.807, 2.05) is 17.0 Å². The summed E-state index contributed by atoms with van der Waals surface area (Å²) in [5.41, 5.74) is 0.785. The second-order valence-corrected chi connectivity index (χ2v) is 4.60. The highest BCUT2D eigenvalue weighted by Gasteiger charge is 2.24. The summed E-state index contributed by atoms with van der Waals surface area (Å²) in [7, 11) is 0. The van der Waals surface area contributed by atoms with Gasteiger partial charge in [-0.05, 0) is 37.5 Å². The van der Waals surface area contributed by atoms with Crippen LogP contribution in [0, 0.1) is 0 Å². The molecule has 0 aromatic heterocycles. The van der Waals surface area contributed by atoms with Gasteiger partial charge in [-0.1, -0.05) is 12.1 Å². The maximum absolute atomic E-state index is 12.1. The molecule has 2 rings (SSSR count). The van der Waals surface area contributed by atoms with Gasteiger partial charge >= 0.3 is 0 Å². The first-order chi connectivity index (χ1) is 8.70. The number of ether oxygens (including phenoxy) is 1. The van der Waals surface area contributed by atoms with Gasteiger partial charge in [0.1, 0.15) is 5.75 Å². The molecule has 0 radical (unpaired) electrons. The highest BCUT2D eigenvalue weighted by molar-refractivity contribution is 5.81. The Morgan fingerprint density at radius 2 is 2.17 bits per heavy atom. The van der Waals surface area contributed by atoms with Crippen LogP contribution in [0.5, 0.6) is 5.75 Å². The van der Waals surface area contributed by atoms with Gasteiger partial charge in [0, 0.05) is 13.1 Å². The Labute approximate surface area is 107 Å². The summed E-state index contributed by atoms with van der Waals surface area (Å²) in [6, 6.07) is 7.19. The molecule has 0 bridgehead atoms. The standard InChI is InChI=1S/C14H19NO3/c1-11(14(17)15-7-2-3-8-15)18-13-6-4-5-12(9-13)10-16/h4-6,9,11,16H,2-3,7-8,10H2,1H3. The van der Waals surface area contributed by atoms with Crippen molar-refractivity contribution in [2.24, 2.45) is 0 Å². The summed E-state index contributed by atoms with van der Waals surface area (Å²) in [4.78, 5) is 13.9. The van der Waals surface area contributed by atoms with E-state index in [4.69, 9.17) is 9.84 Å². The van der Waals surface area contributed by atoms with E-state index in [0.717, 1.165) is 31.5 Å². The molecule has 98 valence electrons. The first-order valence-corrected chi connectivity index (χ1v) is 6.36. The third-order valence-electron chi connectivity index (χ3n) is 3.16. The lowest BCUT2D eigenvalue weighted by molar-refractivity contribution is -0.136. The first kappa shape index (κ1) is 12.9. The van der Waals surface area contributed by atoms with E-state index in [1.54, 1.807) is 19.1 Å². The Hall–Kier alpha value is -1.55. The van der Waals surface area contributed by atoms with Gasteiger partial charge in [0.25, 0.3) is 5.91 Å². The van der Waals surface area contributed by atoms with Crippen molar-refractivity contribution >= 4 is 5.91 Å². The van der Waals surface area contributed by atoms with E-state index in [9.17, 15) is 4.79 Å². The highest BCUT2D eigenvalue weighted by Crippen LogP contribution is 2.17. The molecule has 1 aromatic rings. The average Bonchev–Trinajstić information content (AvgIpc) is 2.92. The van der Waals surface area contributed by atoms with Gasteiger partial charge in [-0.15, -0.1) is 0 Å². The second kappa shape index (κ2) is 5.87. The summed E-state index contributed by atoms with van der Waals surface area (Å²) in [5.74, 6) is 0.670. The van der Waals surface area contributed by atoms with Crippen LogP contribution in [0.3, 0.4) is 0 Å². The molecule has 1 atom stereocenters. The largest absolute Gasteiger partial charge is 0.481 e. The van der Waals surface area contributed by atoms with Gasteiger partial charge in [-0.2, -0.15) is 0 Å². The van der Waals surface area contributed by atoms with Crippen molar-refractivity contribution in [2.75, 3.05) is 13.1 Å². The zero-order chi connectivity index (χ0) is 13.0. The van der Waals surface area contributed by atoms with Crippen molar-refractivity contribution in [3.05, 3.63) is 29.8 Å². The molecule has 1 unspecified atom stereocenters. The predicted molar refractivity (Wildman–Crippen MR) is 68.3 cm³/mol. The molecule has 0 aliphatic carbocycles. The molecule has 18 heavy (non-hydrogen) atoms. The van der Waals surface area contributed by atoms with Crippen LogP contribution in [0.25, 0.3) is 0 Å². The lowest BCUT2D eigenvalue weighted by Gasteiger charge is -2.21. The van der Waals surface area contributed by atoms with E-state index < -0.39 is 6.10 Å². The molecule has 1 aromatic carbocycles. The fourth-order valence-electron chi connectivity index (χ4n) is 2.17. The Kier molecular flexibility index (Phi) is 4.20. The average molecular weight is 249 g/mol. The van der Waals surface area contributed by atoms with Crippen molar-refractivity contribution in [3.8, 4) is 5.75 Å². The third-order valence-corrected chi connectivity index (χ3v) is 3.16. The number of benzene rings is 1. The summed E-state index contributed by atoms with van der Waals surface area (Å²) < 4.78 is 5.63. The number of rotatable bonds is 4. The van der Waals surface area contributed by atoms with Gasteiger partial charge in [-0.25, -0.2) is 0 Å². The molecular formula is C14H19NO3. The minimum Gasteiger partial charge on any atom is -0.481 e. The summed E-state index contributed by atoms with van der Waals surface area (Å²) >= 11 is 0. The normalized spacial score (nSPS) is 16.7. The molecule has 1 fully saturated rings. The van der Waals surface area contributed by atoms with Gasteiger partial charge in [-0.3, -0.25) is 4.79 Å². The van der Waals surface area contributed by atoms with Crippen LogP contribution in [-0.4, -0.2) is 35.1 Å². The van der Waals surface area contributed by atoms with E-state index in [-0.39, 0.29) is 12.5 Å². The maximum Gasteiger partial charge on any atom is 0.263 e. The minimum atomic E-state index is -0.475. The Bertz CT molecular complexity index is 413. The van der Waals surface area contributed by atoms with E-state index >= 15 is 0 Å². The smallest absolute Gasteiger partial charge is 0.263 e. The number of carbonyl (C=O) groups excluding carboxylic acids is 1. The first-order valence-electron chi connectivity index (χ1n) is 6.36. The fraction of sp³-hybridized carbons (Fsp3) is 0.500. The van der Waals surface area contributed by atoms with Gasteiger partial charge in [0.15, 0.2) is 6.10 Å². The fourth-order valence-corrected chi connectivity index (χ4v) is 2.17. The Morgan fingerprint density at radius 3 is 2.83 bits per heavy atom. The van der Waals surface area contributed by atoms with Gasteiger partial charge in [0.05, 0.1) is 6.61 Å². The lowest BCUT2D eigenvalue weighted by Crippen LogP contribution is -2.38. The molecular weight excluding hydrogens is 230 g/mol. The number of hydrogen-bond acceptors (Lipinski definition) is 3. The van der Waals surface area contributed by atoms with Crippen LogP contribution < -0.4 is 4.74 Å². The molecule has 1 aliphatic heterocycles. The van der Waals surface area contributed by atoms with Crippen molar-refractivity contribution in [1.82, 2.24) is 4.90 Å². The topological polar surface area (TPSA) is 49.8 Å². The lowest BCUT2D eigenvalue weighted by atomic mass is 10.2. The molecule has 0 saturated carbocycles. The number of aliphatic hydroxyl groups is 1. The van der Waals surface area contributed by atoms with Crippen LogP contribution in [0.15, 0.2) is 24.3 Å². The maximum atomic E-state index is 12.1. The molecule has 1 saturated heterocycles. The number of likely N-dealkylation sites (tertiary alicyclic amines) is 1. The summed E-state index contributed by atoms with van der Waals surface area (Å²) in [6.07, 6.45) is 1.69. The molecule has 1 N–H and O–H groups in total. The van der Waals surface area contributed by atoms with Crippen LogP contribution >= 0.6 is 0 Å². The molecule has 1 heterocycles. The molecule has 4 nitrogen and oxygen atoms in total. The van der Waals surface area contributed by atoms with Crippen molar-refractivity contribution in [3.63, 3.8) is 0 Å². The van der Waals surface area contributed by atoms with E-state index in [1.165, 1.54) is 0 Å². The Balaban J connectivity index is 1.97. The number of carbonyl (C=O) groups is 1. The number of amides is 1. The highest BCUT2D eigenvalue weighted by atomic mass is 16.5. The summed E-state index contributed by atoms with van der Waals surface area (Å²) in [6.45, 7) is 3.42. The van der Waals surface area contributed by atoms with E-state index in [0.29, 0.717) is 5.75 Å². The van der Waals surface area contributed by atoms with Gasteiger partial charge in [0.2, 0.25) is 0 Å². The molecule has 4 heteroatoms. The molecule has 0 spiro atoms. The zero-order valence-electron chi connectivity index (χ0n) is 10.6.